The minimum atomic E-state index is -4.38. The zero-order valence-corrected chi connectivity index (χ0v) is 31.7. The Kier molecular flexibility index (Phi) is 8.99. The molecule has 0 atom stereocenters. The number of furan rings is 2. The lowest BCUT2D eigenvalue weighted by Gasteiger charge is -2.03. The first kappa shape index (κ1) is 35.2. The molecule has 12 nitrogen and oxygen atoms in total. The zero-order chi connectivity index (χ0) is 37.1. The summed E-state index contributed by atoms with van der Waals surface area (Å²) in [5.74, 6) is 0. The van der Waals surface area contributed by atoms with Gasteiger partial charge in [0.15, 0.2) is 19.6 Å². The van der Waals surface area contributed by atoms with Gasteiger partial charge in [0.2, 0.25) is 0 Å². The van der Waals surface area contributed by atoms with Crippen molar-refractivity contribution in [1.82, 2.24) is 19.6 Å². The first-order valence-electron chi connectivity index (χ1n) is 16.6. The molecule has 0 amide bonds. The van der Waals surface area contributed by atoms with E-state index in [1.165, 1.54) is 12.1 Å². The number of benzene rings is 2. The third-order valence-corrected chi connectivity index (χ3v) is 13.6. The average molecular weight is 789 g/mol. The number of hydrogen-bond donors (Lipinski definition) is 2. The van der Waals surface area contributed by atoms with Crippen molar-refractivity contribution in [3.05, 3.63) is 106 Å². The van der Waals surface area contributed by atoms with Gasteiger partial charge in [-0.1, -0.05) is 71.8 Å². The maximum absolute atomic E-state index is 11.8. The number of hydrogen-bond acceptors (Lipinski definition) is 10. The molecule has 0 saturated heterocycles. The Hall–Kier alpha value is -4.84. The molecule has 16 heteroatoms. The molecule has 8 aromatic rings. The second-order valence-corrected chi connectivity index (χ2v) is 18.2. The number of rotatable bonds is 12. The van der Waals surface area contributed by atoms with Gasteiger partial charge >= 0.3 is 20.2 Å². The van der Waals surface area contributed by atoms with Crippen LogP contribution in [0.1, 0.15) is 52.9 Å². The Balaban J connectivity index is 1.01. The highest BCUT2D eigenvalue weighted by Crippen LogP contribution is 2.40. The summed E-state index contributed by atoms with van der Waals surface area (Å²) in [5.41, 5.74) is 8.74. The molecule has 6 aromatic heterocycles. The maximum Gasteiger partial charge on any atom is 0.304 e. The smallest absolute Gasteiger partial charge is 0.304 e. The SMILES string of the molecule is Cc1ccc(Cn2nc(/C=C/CCC/C=C/c3nn(Cc4ccc(C)cc4)c4c3oc3cc(S(=O)(=O)O)sc34)c3oc4cc(S(=O)(=O)O)sc4c32)cc1. The predicted octanol–water partition coefficient (Wildman–Crippen LogP) is 9.11. The van der Waals surface area contributed by atoms with Gasteiger partial charge in [0, 0.05) is 12.1 Å². The van der Waals surface area contributed by atoms with Crippen molar-refractivity contribution >= 4 is 97.8 Å². The van der Waals surface area contributed by atoms with Crippen molar-refractivity contribution in [2.45, 2.75) is 54.6 Å². The van der Waals surface area contributed by atoms with Crippen LogP contribution in [0.15, 0.2) is 90.1 Å². The van der Waals surface area contributed by atoms with Gasteiger partial charge in [-0.3, -0.25) is 18.5 Å². The van der Waals surface area contributed by atoms with Gasteiger partial charge < -0.3 is 8.83 Å². The van der Waals surface area contributed by atoms with Gasteiger partial charge in [-0.2, -0.15) is 27.0 Å². The van der Waals surface area contributed by atoms with Crippen LogP contribution >= 0.6 is 22.7 Å². The summed E-state index contributed by atoms with van der Waals surface area (Å²) in [6.07, 6.45) is 10.2. The molecule has 0 fully saturated rings. The molecule has 2 N–H and O–H groups in total. The molecule has 0 saturated carbocycles. The quantitative estimate of drug-likeness (QED) is 0.0899. The number of fused-ring (bicyclic) bond motifs is 6. The van der Waals surface area contributed by atoms with Crippen molar-refractivity contribution in [2.75, 3.05) is 0 Å². The van der Waals surface area contributed by atoms with Gasteiger partial charge in [0.25, 0.3) is 0 Å². The van der Waals surface area contributed by atoms with Crippen molar-refractivity contribution in [3.63, 3.8) is 0 Å². The minimum absolute atomic E-state index is 0.182. The molecule has 2 aromatic carbocycles. The fourth-order valence-electron chi connectivity index (χ4n) is 6.15. The van der Waals surface area contributed by atoms with Gasteiger partial charge in [-0.15, -0.1) is 22.7 Å². The van der Waals surface area contributed by atoms with E-state index in [-0.39, 0.29) is 8.42 Å². The third-order valence-electron chi connectivity index (χ3n) is 8.78. The topological polar surface area (TPSA) is 171 Å². The number of thiophene rings is 2. The first-order valence-corrected chi connectivity index (χ1v) is 21.1. The van der Waals surface area contributed by atoms with Gasteiger partial charge in [-0.25, -0.2) is 0 Å². The molecule has 0 aliphatic carbocycles. The normalized spacial score (nSPS) is 13.1. The highest BCUT2D eigenvalue weighted by molar-refractivity contribution is 7.88. The molecule has 6 heterocycles. The van der Waals surface area contributed by atoms with Crippen LogP contribution < -0.4 is 0 Å². The van der Waals surface area contributed by atoms with E-state index >= 15 is 0 Å². The number of aryl methyl sites for hydroxylation is 2. The largest absolute Gasteiger partial charge is 0.451 e. The molecule has 0 radical (unpaired) electrons. The Bertz CT molecular complexity index is 2740. The van der Waals surface area contributed by atoms with Crippen LogP contribution in [-0.2, 0) is 33.3 Å². The Morgan fingerprint density at radius 3 is 1.43 bits per heavy atom. The standard InChI is InChI=1S/C37H32N4O8S4/c1-22-10-14-24(15-11-22)20-40-32-34(48-28-18-30(50-36(28)32)52(42,43)44)26(38-40)8-6-4-3-5-7-9-27-35-33(37-29(49-35)19-31(51-37)53(45,46)47)41(39-27)21-25-16-12-23(2)13-17-25/h6-19H,3-5,20-21H2,1-2H3,(H,42,43,44)(H,45,46,47)/b8-6+,9-7+. The van der Waals surface area contributed by atoms with Crippen molar-refractivity contribution in [2.24, 2.45) is 0 Å². The van der Waals surface area contributed by atoms with Crippen LogP contribution in [0.5, 0.6) is 0 Å². The molecule has 0 aliphatic heterocycles. The third kappa shape index (κ3) is 7.01. The first-order chi connectivity index (χ1) is 25.3. The average Bonchev–Trinajstić information content (AvgIpc) is 3.92. The molecule has 272 valence electrons. The monoisotopic (exact) mass is 788 g/mol. The van der Waals surface area contributed by atoms with Crippen LogP contribution in [0.4, 0.5) is 0 Å². The van der Waals surface area contributed by atoms with Crippen molar-refractivity contribution < 1.29 is 34.8 Å². The van der Waals surface area contributed by atoms with E-state index in [0.29, 0.717) is 67.2 Å². The lowest BCUT2D eigenvalue weighted by Crippen LogP contribution is -2.01. The van der Waals surface area contributed by atoms with E-state index in [1.807, 2.05) is 86.7 Å². The molecule has 0 bridgehead atoms. The molecule has 53 heavy (non-hydrogen) atoms. The van der Waals surface area contributed by atoms with E-state index in [1.54, 1.807) is 9.36 Å². The molecule has 0 unspecified atom stereocenters. The molecule has 0 aliphatic rings. The number of allylic oxidation sites excluding steroid dienone is 2. The Labute approximate surface area is 311 Å². The summed E-state index contributed by atoms with van der Waals surface area (Å²) in [5, 5.41) is 9.62. The van der Waals surface area contributed by atoms with E-state index < -0.39 is 20.2 Å². The summed E-state index contributed by atoms with van der Waals surface area (Å²) >= 11 is 1.90. The van der Waals surface area contributed by atoms with Crippen molar-refractivity contribution in [3.8, 4) is 0 Å². The highest BCUT2D eigenvalue weighted by atomic mass is 32.3. The predicted molar refractivity (Wildman–Crippen MR) is 207 cm³/mol. The Morgan fingerprint density at radius 2 is 1.06 bits per heavy atom. The van der Waals surface area contributed by atoms with E-state index in [9.17, 15) is 25.9 Å². The van der Waals surface area contributed by atoms with Gasteiger partial charge in [0.1, 0.15) is 43.0 Å². The van der Waals surface area contributed by atoms with Crippen LogP contribution in [0.2, 0.25) is 0 Å². The fourth-order valence-corrected chi connectivity index (χ4v) is 9.74. The molecular weight excluding hydrogens is 757 g/mol. The molecule has 8 rings (SSSR count). The lowest BCUT2D eigenvalue weighted by atomic mass is 10.1. The van der Waals surface area contributed by atoms with E-state index in [0.717, 1.165) is 64.2 Å². The molecule has 0 spiro atoms. The van der Waals surface area contributed by atoms with E-state index in [2.05, 4.69) is 0 Å². The summed E-state index contributed by atoms with van der Waals surface area (Å²) < 4.78 is 83.2. The minimum Gasteiger partial charge on any atom is -0.451 e. The highest BCUT2D eigenvalue weighted by Gasteiger charge is 2.25. The van der Waals surface area contributed by atoms with Crippen LogP contribution in [-0.4, -0.2) is 45.5 Å². The second kappa shape index (κ2) is 13.5. The number of aromatic nitrogens is 4. The van der Waals surface area contributed by atoms with Gasteiger partial charge in [-0.05, 0) is 56.4 Å². The van der Waals surface area contributed by atoms with Gasteiger partial charge in [0.05, 0.1) is 13.1 Å². The number of unbranched alkanes of at least 4 members (excludes halogenated alkanes) is 2. The van der Waals surface area contributed by atoms with Crippen LogP contribution in [0.3, 0.4) is 0 Å². The summed E-state index contributed by atoms with van der Waals surface area (Å²) in [4.78, 5) is 0. The lowest BCUT2D eigenvalue weighted by molar-refractivity contribution is 0.483. The zero-order valence-electron chi connectivity index (χ0n) is 28.4. The molecular formula is C37H32N4O8S4. The fraction of sp³-hybridized carbons (Fsp3) is 0.189. The summed E-state index contributed by atoms with van der Waals surface area (Å²) in [6.45, 7) is 4.94. The summed E-state index contributed by atoms with van der Waals surface area (Å²) in [7, 11) is -8.76. The Morgan fingerprint density at radius 1 is 0.660 bits per heavy atom. The number of nitrogens with zero attached hydrogens (tertiary/aromatic N) is 4. The maximum atomic E-state index is 11.8. The van der Waals surface area contributed by atoms with Crippen LogP contribution in [0, 0.1) is 13.8 Å². The van der Waals surface area contributed by atoms with E-state index in [4.69, 9.17) is 19.0 Å². The summed E-state index contributed by atoms with van der Waals surface area (Å²) in [6, 6.07) is 18.9. The van der Waals surface area contributed by atoms with Crippen LogP contribution in [0.25, 0.3) is 54.9 Å². The second-order valence-electron chi connectivity index (χ2n) is 12.8. The van der Waals surface area contributed by atoms with Crippen molar-refractivity contribution in [1.29, 1.82) is 0 Å².